The summed E-state index contributed by atoms with van der Waals surface area (Å²) < 4.78 is 72.1. The van der Waals surface area contributed by atoms with Crippen molar-refractivity contribution in [2.75, 3.05) is 26.4 Å². The Morgan fingerprint density at radius 1 is 1.17 bits per heavy atom. The number of thioether (sulfide) groups is 1. The van der Waals surface area contributed by atoms with E-state index in [-0.39, 0.29) is 42.7 Å². The number of aromatic nitrogens is 3. The maximum Gasteiger partial charge on any atom is 0.509 e. The molecule has 11 nitrogen and oxygen atoms in total. The normalized spacial score (nSPS) is 18.1. The summed E-state index contributed by atoms with van der Waals surface area (Å²) in [6, 6.07) is 8.93. The van der Waals surface area contributed by atoms with Crippen LogP contribution in [0, 0.1) is 28.8 Å². The van der Waals surface area contributed by atoms with Crippen LogP contribution in [-0.2, 0) is 40.6 Å². The molecule has 252 valence electrons. The van der Waals surface area contributed by atoms with Gasteiger partial charge in [-0.2, -0.15) is 10.4 Å². The van der Waals surface area contributed by atoms with E-state index in [1.54, 1.807) is 25.2 Å². The average molecular weight is 685 g/mol. The van der Waals surface area contributed by atoms with E-state index in [1.165, 1.54) is 59.4 Å². The van der Waals surface area contributed by atoms with Crippen LogP contribution < -0.4 is 0 Å². The molecule has 15 heteroatoms. The lowest BCUT2D eigenvalue weighted by molar-refractivity contribution is -0.167. The average Bonchev–Trinajstić information content (AvgIpc) is 3.58. The number of benzene rings is 2. The molecule has 0 bridgehead atoms. The number of allylic oxidation sites excluding steroid dienone is 2. The Morgan fingerprint density at radius 2 is 1.96 bits per heavy atom. The maximum absolute atomic E-state index is 15.5. The molecule has 2 heterocycles. The minimum absolute atomic E-state index is 0.143. The first-order valence-electron chi connectivity index (χ1n) is 14.5. The van der Waals surface area contributed by atoms with Gasteiger partial charge in [0.25, 0.3) is 0 Å². The molecule has 0 saturated carbocycles. The van der Waals surface area contributed by atoms with Gasteiger partial charge in [-0.3, -0.25) is 0 Å². The number of nitrogens with zero attached hydrogens (tertiary/aromatic N) is 4. The van der Waals surface area contributed by atoms with Crippen LogP contribution in [-0.4, -0.2) is 70.1 Å². The number of nitriles is 1. The summed E-state index contributed by atoms with van der Waals surface area (Å²) in [6.07, 6.45) is 8.47. The Balaban J connectivity index is 1.48. The summed E-state index contributed by atoms with van der Waals surface area (Å²) >= 11 is 1.27. The summed E-state index contributed by atoms with van der Waals surface area (Å²) in [4.78, 5) is 28.8. The molecular weight excluding hydrogens is 653 g/mol. The summed E-state index contributed by atoms with van der Waals surface area (Å²) in [5, 5.41) is 11.9. The van der Waals surface area contributed by atoms with E-state index in [9.17, 15) is 18.4 Å². The highest BCUT2D eigenvalue weighted by Gasteiger charge is 2.47. The molecule has 1 aliphatic rings. The third-order valence-corrected chi connectivity index (χ3v) is 8.35. The van der Waals surface area contributed by atoms with Gasteiger partial charge in [-0.25, -0.2) is 32.4 Å². The minimum atomic E-state index is -1.82. The van der Waals surface area contributed by atoms with E-state index in [1.807, 2.05) is 6.07 Å². The fourth-order valence-corrected chi connectivity index (χ4v) is 6.01. The zero-order valence-electron chi connectivity index (χ0n) is 25.7. The molecule has 0 unspecified atom stereocenters. The number of carbonyl (C=O) groups is 2. The van der Waals surface area contributed by atoms with Crippen molar-refractivity contribution in [1.29, 1.82) is 5.26 Å². The quantitative estimate of drug-likeness (QED) is 0.121. The van der Waals surface area contributed by atoms with Crippen molar-refractivity contribution in [2.45, 2.75) is 35.9 Å². The molecule has 0 radical (unpaired) electrons. The summed E-state index contributed by atoms with van der Waals surface area (Å²) in [6.45, 7) is 4.26. The number of halogens is 3. The molecule has 2 aromatic carbocycles. The topological polar surface area (TPSA) is 135 Å². The zero-order valence-corrected chi connectivity index (χ0v) is 26.5. The van der Waals surface area contributed by atoms with Crippen LogP contribution in [0.4, 0.5) is 18.0 Å². The Morgan fingerprint density at radius 3 is 2.62 bits per heavy atom. The van der Waals surface area contributed by atoms with Crippen LogP contribution in [0.2, 0.25) is 0 Å². The van der Waals surface area contributed by atoms with Gasteiger partial charge in [0.05, 0.1) is 36.6 Å². The van der Waals surface area contributed by atoms with Crippen LogP contribution in [0.1, 0.15) is 23.6 Å². The summed E-state index contributed by atoms with van der Waals surface area (Å²) in [5.74, 6) is -3.37. The monoisotopic (exact) mass is 684 g/mol. The van der Waals surface area contributed by atoms with Gasteiger partial charge < -0.3 is 23.7 Å². The zero-order chi connectivity index (χ0) is 34.5. The van der Waals surface area contributed by atoms with Crippen molar-refractivity contribution in [3.05, 3.63) is 114 Å². The molecule has 2 atom stereocenters. The highest BCUT2D eigenvalue weighted by Crippen LogP contribution is 2.42. The van der Waals surface area contributed by atoms with Gasteiger partial charge in [-0.1, -0.05) is 36.9 Å². The molecule has 1 fully saturated rings. The van der Waals surface area contributed by atoms with Crippen molar-refractivity contribution in [3.63, 3.8) is 0 Å². The van der Waals surface area contributed by atoms with Gasteiger partial charge in [0.1, 0.15) is 36.7 Å². The molecule has 0 amide bonds. The van der Waals surface area contributed by atoms with Crippen LogP contribution in [0.15, 0.2) is 79.9 Å². The van der Waals surface area contributed by atoms with Crippen molar-refractivity contribution in [3.8, 4) is 6.07 Å². The number of ether oxygens (including phenoxy) is 5. The highest BCUT2D eigenvalue weighted by atomic mass is 32.2. The van der Waals surface area contributed by atoms with Gasteiger partial charge in [-0.15, -0.1) is 11.8 Å². The van der Waals surface area contributed by atoms with Gasteiger partial charge in [0.15, 0.2) is 18.5 Å². The number of hydrogen-bond acceptors (Lipinski definition) is 11. The van der Waals surface area contributed by atoms with E-state index in [0.29, 0.717) is 11.6 Å². The first kappa shape index (κ1) is 35.9. The second kappa shape index (κ2) is 17.3. The fraction of sp³-hybridized carbons (Fsp3) is 0.303. The predicted molar refractivity (Wildman–Crippen MR) is 167 cm³/mol. The Bertz CT molecular complexity index is 1670. The van der Waals surface area contributed by atoms with E-state index in [2.05, 4.69) is 16.7 Å². The predicted octanol–water partition coefficient (Wildman–Crippen LogP) is 5.48. The molecule has 1 aromatic heterocycles. The summed E-state index contributed by atoms with van der Waals surface area (Å²) in [7, 11) is 0. The molecule has 3 aromatic rings. The van der Waals surface area contributed by atoms with Gasteiger partial charge >= 0.3 is 12.1 Å². The number of carbonyl (C=O) groups excluding carboxylic acids is 2. The third-order valence-electron chi connectivity index (χ3n) is 6.90. The van der Waals surface area contributed by atoms with E-state index >= 15 is 4.39 Å². The van der Waals surface area contributed by atoms with Crippen LogP contribution in [0.3, 0.4) is 0 Å². The molecule has 48 heavy (non-hydrogen) atoms. The van der Waals surface area contributed by atoms with Crippen molar-refractivity contribution < 1.29 is 46.4 Å². The van der Waals surface area contributed by atoms with E-state index in [4.69, 9.17) is 28.9 Å². The van der Waals surface area contributed by atoms with Crippen LogP contribution in [0.25, 0.3) is 6.08 Å². The number of hydrogen-bond donors (Lipinski definition) is 0. The fourth-order valence-electron chi connectivity index (χ4n) is 4.64. The van der Waals surface area contributed by atoms with E-state index < -0.39 is 53.3 Å². The molecule has 0 aliphatic carbocycles. The SMILES string of the molecule is C=CCOC(=O)OCC(=O)O[C@@](Cn1cncn1)(c1ccc(F)cc1F)[C@@H](C)S[C@H]1CO[C@H](C=CC=Cc2ccc(C#N)cc2F)OC1. The second-order valence-corrected chi connectivity index (χ2v) is 11.9. The molecule has 0 N–H and O–H groups in total. The van der Waals surface area contributed by atoms with Crippen LogP contribution in [0.5, 0.6) is 0 Å². The van der Waals surface area contributed by atoms with Gasteiger partial charge in [-0.05, 0) is 37.3 Å². The lowest BCUT2D eigenvalue weighted by Crippen LogP contribution is -2.47. The van der Waals surface area contributed by atoms with Crippen molar-refractivity contribution in [2.24, 2.45) is 0 Å². The van der Waals surface area contributed by atoms with Gasteiger partial charge in [0, 0.05) is 22.4 Å². The third kappa shape index (κ3) is 9.80. The maximum atomic E-state index is 15.5. The lowest BCUT2D eigenvalue weighted by Gasteiger charge is -2.40. The number of rotatable bonds is 14. The molecule has 1 aliphatic heterocycles. The molecule has 0 spiro atoms. The molecule has 4 rings (SSSR count). The lowest BCUT2D eigenvalue weighted by atomic mass is 9.89. The second-order valence-electron chi connectivity index (χ2n) is 10.2. The molecule has 1 saturated heterocycles. The van der Waals surface area contributed by atoms with Gasteiger partial charge in [0.2, 0.25) is 0 Å². The first-order valence-corrected chi connectivity index (χ1v) is 15.4. The Kier molecular flexibility index (Phi) is 13.0. The Hall–Kier alpha value is -4.91. The largest absolute Gasteiger partial charge is 0.509 e. The summed E-state index contributed by atoms with van der Waals surface area (Å²) in [5.41, 5.74) is -1.44. The Labute approximate surface area is 278 Å². The smallest absolute Gasteiger partial charge is 0.448 e. The van der Waals surface area contributed by atoms with Crippen molar-refractivity contribution in [1.82, 2.24) is 14.8 Å². The number of esters is 1. The highest BCUT2D eigenvalue weighted by molar-refractivity contribution is 8.00. The standard InChI is InChI=1S/C33H31F3N4O7S/c1-3-12-43-32(42)46-18-30(41)47-33(19-40-21-38-20-39-40,27-11-10-25(34)14-29(27)36)22(2)48-26-16-44-31(45-17-26)7-5-4-6-24-9-8-23(15-37)13-28(24)35/h3-11,13-14,20-22,26,31H,1,12,16-19H2,2H3/t22-,26-,31-,33-/m1/s1. The first-order chi connectivity index (χ1) is 23.1. The minimum Gasteiger partial charge on any atom is -0.448 e. The van der Waals surface area contributed by atoms with Crippen molar-refractivity contribution >= 4 is 30.0 Å². The van der Waals surface area contributed by atoms with E-state index in [0.717, 1.165) is 12.1 Å². The van der Waals surface area contributed by atoms with Crippen LogP contribution >= 0.6 is 11.8 Å². The molecular formula is C33H31F3N4O7S.